The number of unbranched alkanes of at least 4 members (excludes halogenated alkanes) is 4. The highest BCUT2D eigenvalue weighted by molar-refractivity contribution is 7.80. The number of hydrogen-bond donors (Lipinski definition) is 14. The van der Waals surface area contributed by atoms with Crippen LogP contribution in [0.15, 0.2) is 35.3 Å². The number of thiol groups is 1. The third-order valence-electron chi connectivity index (χ3n) is 10.9. The van der Waals surface area contributed by atoms with Gasteiger partial charge in [0, 0.05) is 13.0 Å². The van der Waals surface area contributed by atoms with Crippen molar-refractivity contribution in [1.82, 2.24) is 42.5 Å². The molecule has 8 amide bonds. The van der Waals surface area contributed by atoms with Crippen LogP contribution in [0.5, 0.6) is 0 Å². The Morgan fingerprint density at radius 1 is 0.588 bits per heavy atom. The lowest BCUT2D eigenvalue weighted by Gasteiger charge is -2.28. The zero-order chi connectivity index (χ0) is 50.6. The maximum Gasteiger partial charge on any atom is 0.305 e. The van der Waals surface area contributed by atoms with E-state index in [1.807, 2.05) is 6.92 Å². The molecular weight excluding hydrogens is 905 g/mol. The Bertz CT molecular complexity index is 1860. The third-order valence-corrected chi connectivity index (χ3v) is 11.2. The average molecular weight is 977 g/mol. The van der Waals surface area contributed by atoms with E-state index in [1.165, 1.54) is 6.92 Å². The molecule has 0 bridgehead atoms. The predicted octanol–water partition coefficient (Wildman–Crippen LogP) is -2.53. The summed E-state index contributed by atoms with van der Waals surface area (Å²) in [7, 11) is 0. The quantitative estimate of drug-likeness (QED) is 0.0262. The van der Waals surface area contributed by atoms with Gasteiger partial charge in [-0.2, -0.15) is 12.6 Å². The molecule has 1 aromatic rings. The number of carbonyl (C=O) groups excluding carboxylic acids is 8. The molecule has 0 aromatic heterocycles. The lowest BCUT2D eigenvalue weighted by molar-refractivity contribution is -0.141. The second-order valence-electron chi connectivity index (χ2n) is 16.6. The molecule has 0 saturated carbocycles. The van der Waals surface area contributed by atoms with Gasteiger partial charge >= 0.3 is 5.97 Å². The molecule has 380 valence electrons. The van der Waals surface area contributed by atoms with Crippen molar-refractivity contribution >= 4 is 71.8 Å². The maximum atomic E-state index is 14.4. The summed E-state index contributed by atoms with van der Waals surface area (Å²) in [6.07, 6.45) is 2.90. The molecule has 1 aliphatic heterocycles. The summed E-state index contributed by atoms with van der Waals surface area (Å²) in [5.41, 5.74) is 17.3. The number of guanidine groups is 1. The van der Waals surface area contributed by atoms with Crippen molar-refractivity contribution in [2.45, 2.75) is 152 Å². The fraction of sp³-hybridized carbons (Fsp3) is 0.636. The lowest BCUT2D eigenvalue weighted by atomic mass is 10.0. The van der Waals surface area contributed by atoms with Gasteiger partial charge in [0.25, 0.3) is 0 Å². The molecule has 2 rings (SSSR count). The molecule has 0 radical (unpaired) electrons. The molecule has 1 aromatic carbocycles. The molecular formula is C44H72N12O11S. The van der Waals surface area contributed by atoms with Gasteiger partial charge in [-0.3, -0.25) is 48.1 Å². The normalized spacial score (nSPS) is 24.1. The molecule has 16 N–H and O–H groups in total. The number of hydrogen-bond acceptors (Lipinski definition) is 13. The summed E-state index contributed by atoms with van der Waals surface area (Å²) in [4.78, 5) is 127. The van der Waals surface area contributed by atoms with Gasteiger partial charge in [-0.1, -0.05) is 62.9 Å². The first-order valence-corrected chi connectivity index (χ1v) is 23.7. The number of rotatable bonds is 21. The van der Waals surface area contributed by atoms with E-state index in [4.69, 9.17) is 17.2 Å². The van der Waals surface area contributed by atoms with Gasteiger partial charge in [0.15, 0.2) is 5.96 Å². The largest absolute Gasteiger partial charge is 0.481 e. The number of carboxylic acid groups (broad SMARTS) is 1. The van der Waals surface area contributed by atoms with Crippen molar-refractivity contribution in [1.29, 1.82) is 0 Å². The number of amides is 8. The van der Waals surface area contributed by atoms with Crippen LogP contribution in [0, 0.1) is 0 Å². The predicted molar refractivity (Wildman–Crippen MR) is 255 cm³/mol. The fourth-order valence-electron chi connectivity index (χ4n) is 7.06. The van der Waals surface area contributed by atoms with Crippen LogP contribution < -0.4 is 59.7 Å². The molecule has 0 aliphatic carbocycles. The van der Waals surface area contributed by atoms with Crippen molar-refractivity contribution in [2.24, 2.45) is 22.2 Å². The van der Waals surface area contributed by atoms with Gasteiger partial charge in [-0.15, -0.1) is 0 Å². The monoisotopic (exact) mass is 977 g/mol. The Labute approximate surface area is 402 Å². The van der Waals surface area contributed by atoms with Crippen LogP contribution in [0.4, 0.5) is 0 Å². The minimum atomic E-state index is -1.86. The van der Waals surface area contributed by atoms with Crippen molar-refractivity contribution in [3.8, 4) is 0 Å². The summed E-state index contributed by atoms with van der Waals surface area (Å²) < 4.78 is 0. The number of nitrogens with one attached hydrogen (secondary N) is 8. The number of benzene rings is 1. The number of carbonyl (C=O) groups is 9. The number of nitrogens with two attached hydrogens (primary N) is 3. The Hall–Kier alpha value is -6.01. The highest BCUT2D eigenvalue weighted by Gasteiger charge is 2.35. The standard InChI is InChI=1S/C44H72N12O11S/c1-3-4-16-28-38(62)50-29(18-10-11-20-45)37(61)49-26(2)36(60)56-34(25-57)43(67)55-33(24-35(58)59)42(66)53-31(19-13-21-48-44(46)47)39(63)51-30(17-9-6-12-22-68)40(64)54-32(41(65)52-28)23-27-14-7-5-8-15-27/h5,7-8,14-15,26,28-34,57,68H,3-4,6,9-13,16-25,45H2,1-2H3,(H,49,61)(H,50,62)(H,51,63)(H,52,65)(H,53,66)(H,54,64)(H,55,67)(H,56,60)(H,58,59)(H4,46,47,48)/t26-,28-,29+,30+,31-,32+,33+,34-/m1/s1. The maximum absolute atomic E-state index is 14.4. The highest BCUT2D eigenvalue weighted by Crippen LogP contribution is 2.12. The third kappa shape index (κ3) is 21.7. The summed E-state index contributed by atoms with van der Waals surface area (Å²) in [5.74, 6) is -8.42. The van der Waals surface area contributed by atoms with E-state index in [1.54, 1.807) is 30.3 Å². The topological polar surface area (TPSA) is 381 Å². The smallest absolute Gasteiger partial charge is 0.305 e. The number of aliphatic carboxylic acids is 1. The summed E-state index contributed by atoms with van der Waals surface area (Å²) in [6.45, 7) is 2.43. The molecule has 1 saturated heterocycles. The Balaban J connectivity index is 2.77. The van der Waals surface area contributed by atoms with Gasteiger partial charge in [0.2, 0.25) is 47.3 Å². The second-order valence-corrected chi connectivity index (χ2v) is 17.0. The van der Waals surface area contributed by atoms with Crippen LogP contribution in [0.2, 0.25) is 0 Å². The molecule has 8 atom stereocenters. The first-order chi connectivity index (χ1) is 32.4. The van der Waals surface area contributed by atoms with Gasteiger partial charge in [0.05, 0.1) is 13.0 Å². The first-order valence-electron chi connectivity index (χ1n) is 23.1. The number of nitrogens with zero attached hydrogens (tertiary/aromatic N) is 1. The molecule has 0 spiro atoms. The van der Waals surface area contributed by atoms with Crippen molar-refractivity contribution in [3.05, 3.63) is 35.9 Å². The van der Waals surface area contributed by atoms with Crippen LogP contribution in [-0.4, -0.2) is 143 Å². The summed E-state index contributed by atoms with van der Waals surface area (Å²) in [5, 5.41) is 40.2. The lowest BCUT2D eigenvalue weighted by Crippen LogP contribution is -2.61. The molecule has 24 heteroatoms. The molecule has 68 heavy (non-hydrogen) atoms. The van der Waals surface area contributed by atoms with E-state index in [2.05, 4.69) is 60.2 Å². The van der Waals surface area contributed by atoms with Crippen LogP contribution >= 0.6 is 12.6 Å². The van der Waals surface area contributed by atoms with Crippen molar-refractivity contribution in [3.63, 3.8) is 0 Å². The summed E-state index contributed by atoms with van der Waals surface area (Å²) >= 11 is 4.27. The van der Waals surface area contributed by atoms with E-state index in [-0.39, 0.29) is 57.6 Å². The van der Waals surface area contributed by atoms with Gasteiger partial charge < -0.3 is 69.9 Å². The number of aliphatic hydroxyl groups is 1. The van der Waals surface area contributed by atoms with Crippen LogP contribution in [0.3, 0.4) is 0 Å². The number of aliphatic imine (C=N–C) groups is 1. The van der Waals surface area contributed by atoms with Gasteiger partial charge in [-0.05, 0) is 76.2 Å². The number of aliphatic hydroxyl groups excluding tert-OH is 1. The Morgan fingerprint density at radius 3 is 1.53 bits per heavy atom. The molecule has 23 nitrogen and oxygen atoms in total. The minimum Gasteiger partial charge on any atom is -0.481 e. The van der Waals surface area contributed by atoms with E-state index >= 15 is 0 Å². The van der Waals surface area contributed by atoms with E-state index in [0.29, 0.717) is 56.3 Å². The van der Waals surface area contributed by atoms with Crippen molar-refractivity contribution < 1.29 is 53.4 Å². The minimum absolute atomic E-state index is 0.00413. The SMILES string of the molecule is CCCC[C@H]1NC(=O)[C@H](Cc2ccccc2)NC(=O)[C@H](CCCCCS)NC(=O)[C@@H](CCCN=C(N)N)NC(=O)[C@H](CC(=O)O)NC(=O)[C@@H](CO)NC(=O)[C@@H](C)NC(=O)[C@H](CCCCN)NC1=O. The van der Waals surface area contributed by atoms with Gasteiger partial charge in [0.1, 0.15) is 48.3 Å². The average Bonchev–Trinajstić information content (AvgIpc) is 3.29. The number of carboxylic acids is 1. The second kappa shape index (κ2) is 31.9. The Kier molecular flexibility index (Phi) is 27.2. The first kappa shape index (κ1) is 58.1. The highest BCUT2D eigenvalue weighted by atomic mass is 32.1. The van der Waals surface area contributed by atoms with E-state index < -0.39 is 115 Å². The molecule has 1 fully saturated rings. The van der Waals surface area contributed by atoms with Crippen molar-refractivity contribution in [2.75, 3.05) is 25.4 Å². The van der Waals surface area contributed by atoms with Crippen LogP contribution in [-0.2, 0) is 49.6 Å². The van der Waals surface area contributed by atoms with E-state index in [0.717, 1.165) is 0 Å². The fourth-order valence-corrected chi connectivity index (χ4v) is 7.29. The zero-order valence-corrected chi connectivity index (χ0v) is 39.8. The van der Waals surface area contributed by atoms with Crippen LogP contribution in [0.25, 0.3) is 0 Å². The molecule has 0 unspecified atom stereocenters. The molecule has 1 aliphatic rings. The zero-order valence-electron chi connectivity index (χ0n) is 38.9. The van der Waals surface area contributed by atoms with Crippen LogP contribution in [0.1, 0.15) is 103 Å². The van der Waals surface area contributed by atoms with Gasteiger partial charge in [-0.25, -0.2) is 0 Å². The molecule has 1 heterocycles. The Morgan fingerprint density at radius 2 is 1.03 bits per heavy atom. The summed E-state index contributed by atoms with van der Waals surface area (Å²) in [6, 6.07) is -2.73. The van der Waals surface area contributed by atoms with E-state index in [9.17, 15) is 53.4 Å².